The lowest BCUT2D eigenvalue weighted by Crippen LogP contribution is -2.34. The summed E-state index contributed by atoms with van der Waals surface area (Å²) in [5.74, 6) is -0.351. The third-order valence-electron chi connectivity index (χ3n) is 5.25. The Morgan fingerprint density at radius 1 is 0.971 bits per heavy atom. The number of rotatable bonds is 9. The number of aryl methyl sites for hydroxylation is 2. The van der Waals surface area contributed by atoms with Crippen LogP contribution in [0.25, 0.3) is 0 Å². The van der Waals surface area contributed by atoms with Crippen molar-refractivity contribution < 1.29 is 22.7 Å². The highest BCUT2D eigenvalue weighted by Crippen LogP contribution is 2.28. The van der Waals surface area contributed by atoms with Gasteiger partial charge in [0.15, 0.2) is 0 Å². The number of nitrogens with zero attached hydrogens (tertiary/aromatic N) is 1. The van der Waals surface area contributed by atoms with E-state index in [-0.39, 0.29) is 23.8 Å². The third-order valence-corrected chi connectivity index (χ3v) is 7.24. The second-order valence-electron chi connectivity index (χ2n) is 7.78. The number of carbonyl (C=O) groups excluding carboxylic acids is 2. The van der Waals surface area contributed by atoms with E-state index >= 15 is 0 Å². The van der Waals surface area contributed by atoms with Gasteiger partial charge in [0.05, 0.1) is 17.7 Å². The number of hydrogen-bond acceptors (Lipinski definition) is 5. The number of primary amides is 1. The molecule has 3 aromatic carbocycles. The van der Waals surface area contributed by atoms with Crippen LogP contribution in [-0.2, 0) is 14.8 Å². The standard InChI is InChI=1S/C25H27N3O5S/c1-17-4-13-23(18(2)16-17)34(31,32)28(21-9-11-22(33-3)12-10-21)15-14-24(29)27-20-7-5-19(6-8-20)25(26)30/h4-13,16H,14-15H2,1-3H3,(H2,26,30)(H,27,29). The molecule has 0 aromatic heterocycles. The van der Waals surface area contributed by atoms with E-state index in [4.69, 9.17) is 10.5 Å². The summed E-state index contributed by atoms with van der Waals surface area (Å²) in [5.41, 5.74) is 8.02. The molecule has 0 fully saturated rings. The highest BCUT2D eigenvalue weighted by molar-refractivity contribution is 7.92. The molecule has 0 heterocycles. The Morgan fingerprint density at radius 3 is 2.18 bits per heavy atom. The SMILES string of the molecule is COc1ccc(N(CCC(=O)Nc2ccc(C(N)=O)cc2)S(=O)(=O)c2ccc(C)cc2C)cc1. The second kappa shape index (κ2) is 10.4. The summed E-state index contributed by atoms with van der Waals surface area (Å²) in [4.78, 5) is 24.0. The zero-order valence-electron chi connectivity index (χ0n) is 19.2. The molecule has 34 heavy (non-hydrogen) atoms. The van der Waals surface area contributed by atoms with E-state index in [1.54, 1.807) is 55.5 Å². The molecule has 2 amide bonds. The molecule has 0 bridgehead atoms. The molecule has 0 aliphatic heterocycles. The van der Waals surface area contributed by atoms with Crippen molar-refractivity contribution in [1.82, 2.24) is 0 Å². The summed E-state index contributed by atoms with van der Waals surface area (Å²) in [6.45, 7) is 3.56. The lowest BCUT2D eigenvalue weighted by molar-refractivity contribution is -0.116. The highest BCUT2D eigenvalue weighted by atomic mass is 32.2. The molecule has 0 saturated heterocycles. The minimum atomic E-state index is -3.94. The van der Waals surface area contributed by atoms with Crippen LogP contribution in [0.15, 0.2) is 71.6 Å². The van der Waals surface area contributed by atoms with Crippen molar-refractivity contribution in [2.24, 2.45) is 5.73 Å². The van der Waals surface area contributed by atoms with Crippen LogP contribution in [-0.4, -0.2) is 33.9 Å². The molecule has 0 unspecified atom stereocenters. The number of benzene rings is 3. The van der Waals surface area contributed by atoms with Crippen LogP contribution in [0.5, 0.6) is 5.75 Å². The van der Waals surface area contributed by atoms with Gasteiger partial charge in [-0.25, -0.2) is 8.42 Å². The van der Waals surface area contributed by atoms with Crippen LogP contribution >= 0.6 is 0 Å². The smallest absolute Gasteiger partial charge is 0.264 e. The molecule has 3 aromatic rings. The molecule has 0 radical (unpaired) electrons. The van der Waals surface area contributed by atoms with E-state index in [1.165, 1.54) is 23.5 Å². The van der Waals surface area contributed by atoms with Gasteiger partial charge in [0.25, 0.3) is 10.0 Å². The zero-order valence-corrected chi connectivity index (χ0v) is 20.1. The molecule has 0 atom stereocenters. The van der Waals surface area contributed by atoms with Gasteiger partial charge in [0, 0.05) is 24.2 Å². The van der Waals surface area contributed by atoms with Gasteiger partial charge in [0.2, 0.25) is 11.8 Å². The number of ether oxygens (including phenoxy) is 1. The summed E-state index contributed by atoms with van der Waals surface area (Å²) in [6, 6.07) is 17.9. The number of carbonyl (C=O) groups is 2. The molecule has 9 heteroatoms. The molecule has 0 spiro atoms. The van der Waals surface area contributed by atoms with Gasteiger partial charge in [-0.1, -0.05) is 17.7 Å². The second-order valence-corrected chi connectivity index (χ2v) is 9.61. The van der Waals surface area contributed by atoms with E-state index in [9.17, 15) is 18.0 Å². The third kappa shape index (κ3) is 5.74. The predicted octanol–water partition coefficient (Wildman–Crippen LogP) is 3.64. The van der Waals surface area contributed by atoms with Crippen molar-refractivity contribution in [2.45, 2.75) is 25.2 Å². The van der Waals surface area contributed by atoms with Gasteiger partial charge in [-0.15, -0.1) is 0 Å². The van der Waals surface area contributed by atoms with Crippen molar-refractivity contribution in [1.29, 1.82) is 0 Å². The monoisotopic (exact) mass is 481 g/mol. The number of anilines is 2. The Balaban J connectivity index is 1.85. The van der Waals surface area contributed by atoms with Gasteiger partial charge < -0.3 is 15.8 Å². The Bertz CT molecular complexity index is 1290. The minimum Gasteiger partial charge on any atom is -0.497 e. The van der Waals surface area contributed by atoms with E-state index in [1.807, 2.05) is 13.0 Å². The van der Waals surface area contributed by atoms with Gasteiger partial charge in [-0.3, -0.25) is 13.9 Å². The van der Waals surface area contributed by atoms with Gasteiger partial charge >= 0.3 is 0 Å². The first-order valence-electron chi connectivity index (χ1n) is 10.6. The van der Waals surface area contributed by atoms with Gasteiger partial charge in [-0.05, 0) is 74.0 Å². The molecule has 178 valence electrons. The Kier molecular flexibility index (Phi) is 7.57. The lowest BCUT2D eigenvalue weighted by Gasteiger charge is -2.25. The molecule has 3 N–H and O–H groups in total. The highest BCUT2D eigenvalue weighted by Gasteiger charge is 2.27. The fourth-order valence-corrected chi connectivity index (χ4v) is 5.16. The molecule has 3 rings (SSSR count). The molecule has 0 saturated carbocycles. The van der Waals surface area contributed by atoms with Crippen molar-refractivity contribution >= 4 is 33.2 Å². The average molecular weight is 482 g/mol. The van der Waals surface area contributed by atoms with Crippen LogP contribution in [0, 0.1) is 13.8 Å². The summed E-state index contributed by atoms with van der Waals surface area (Å²) >= 11 is 0. The fourth-order valence-electron chi connectivity index (χ4n) is 3.49. The van der Waals surface area contributed by atoms with Crippen molar-refractivity contribution in [3.05, 3.63) is 83.4 Å². The Labute approximate surface area is 199 Å². The average Bonchev–Trinajstić information content (AvgIpc) is 2.79. The Hall–Kier alpha value is -3.85. The van der Waals surface area contributed by atoms with E-state index < -0.39 is 15.9 Å². The minimum absolute atomic E-state index is 0.0762. The first-order valence-corrected chi connectivity index (χ1v) is 12.0. The van der Waals surface area contributed by atoms with Crippen LogP contribution < -0.4 is 20.1 Å². The van der Waals surface area contributed by atoms with E-state index in [2.05, 4.69) is 5.32 Å². The Morgan fingerprint density at radius 2 is 1.62 bits per heavy atom. The fraction of sp³-hybridized carbons (Fsp3) is 0.200. The first-order chi connectivity index (χ1) is 16.1. The van der Waals surface area contributed by atoms with Crippen LogP contribution in [0.3, 0.4) is 0 Å². The summed E-state index contributed by atoms with van der Waals surface area (Å²) in [5, 5.41) is 2.71. The maximum atomic E-state index is 13.6. The first kappa shape index (κ1) is 24.8. The molecular formula is C25H27N3O5S. The number of amides is 2. The quantitative estimate of drug-likeness (QED) is 0.484. The van der Waals surface area contributed by atoms with Crippen LogP contribution in [0.2, 0.25) is 0 Å². The molecule has 8 nitrogen and oxygen atoms in total. The number of nitrogens with two attached hydrogens (primary N) is 1. The summed E-state index contributed by atoms with van der Waals surface area (Å²) in [7, 11) is -2.42. The lowest BCUT2D eigenvalue weighted by atomic mass is 10.2. The summed E-state index contributed by atoms with van der Waals surface area (Å²) < 4.78 is 33.6. The normalized spacial score (nSPS) is 11.0. The van der Waals surface area contributed by atoms with Crippen molar-refractivity contribution in [2.75, 3.05) is 23.3 Å². The van der Waals surface area contributed by atoms with E-state index in [0.717, 1.165) is 5.56 Å². The number of methoxy groups -OCH3 is 1. The van der Waals surface area contributed by atoms with Gasteiger partial charge in [-0.2, -0.15) is 0 Å². The maximum absolute atomic E-state index is 13.6. The van der Waals surface area contributed by atoms with E-state index in [0.29, 0.717) is 28.3 Å². The zero-order chi connectivity index (χ0) is 24.9. The largest absolute Gasteiger partial charge is 0.497 e. The number of sulfonamides is 1. The molecule has 0 aliphatic carbocycles. The van der Waals surface area contributed by atoms with Gasteiger partial charge in [0.1, 0.15) is 5.75 Å². The topological polar surface area (TPSA) is 119 Å². The predicted molar refractivity (Wildman–Crippen MR) is 132 cm³/mol. The number of nitrogens with one attached hydrogen (secondary N) is 1. The van der Waals surface area contributed by atoms with Crippen LogP contribution in [0.4, 0.5) is 11.4 Å². The maximum Gasteiger partial charge on any atom is 0.264 e. The molecular weight excluding hydrogens is 454 g/mol. The van der Waals surface area contributed by atoms with Crippen molar-refractivity contribution in [3.8, 4) is 5.75 Å². The van der Waals surface area contributed by atoms with Crippen molar-refractivity contribution in [3.63, 3.8) is 0 Å². The molecule has 0 aliphatic rings. The summed E-state index contributed by atoms with van der Waals surface area (Å²) in [6.07, 6.45) is -0.0895. The van der Waals surface area contributed by atoms with Crippen LogP contribution in [0.1, 0.15) is 27.9 Å². The number of hydrogen-bond donors (Lipinski definition) is 2.